The molecule has 1 spiro atoms. The smallest absolute Gasteiger partial charge is 0.269 e. The minimum absolute atomic E-state index is 0.213. The molecule has 7 heteroatoms. The molecule has 0 bridgehead atoms. The third-order valence-electron chi connectivity index (χ3n) is 5.33. The zero-order valence-corrected chi connectivity index (χ0v) is 14.8. The summed E-state index contributed by atoms with van der Waals surface area (Å²) in [6.07, 6.45) is 8.58. The minimum Gasteiger partial charge on any atom is -0.386 e. The van der Waals surface area contributed by atoms with Crippen molar-refractivity contribution in [3.8, 4) is 0 Å². The zero-order chi connectivity index (χ0) is 18.0. The maximum atomic E-state index is 12.4. The van der Waals surface area contributed by atoms with Gasteiger partial charge in [-0.05, 0) is 43.2 Å². The fourth-order valence-electron chi connectivity index (χ4n) is 3.66. The van der Waals surface area contributed by atoms with Gasteiger partial charge in [-0.25, -0.2) is 0 Å². The number of carbonyl (C=O) groups excluding carboxylic acids is 2. The van der Waals surface area contributed by atoms with Crippen LogP contribution in [0.15, 0.2) is 29.7 Å². The average molecular weight is 356 g/mol. The number of hydrogen-bond acceptors (Lipinski definition) is 5. The molecule has 3 heterocycles. The molecule has 3 aliphatic rings. The van der Waals surface area contributed by atoms with E-state index in [1.54, 1.807) is 12.4 Å². The SMILES string of the molecule is O=C(NCc1cccnc1)C1=NOC2(CCCN(C(=O)CC3CC3)C2)C1. The summed E-state index contributed by atoms with van der Waals surface area (Å²) in [5.41, 5.74) is 0.813. The summed E-state index contributed by atoms with van der Waals surface area (Å²) in [7, 11) is 0. The van der Waals surface area contributed by atoms with E-state index in [4.69, 9.17) is 4.84 Å². The second-order valence-corrected chi connectivity index (χ2v) is 7.60. The summed E-state index contributed by atoms with van der Waals surface area (Å²) >= 11 is 0. The van der Waals surface area contributed by atoms with Crippen LogP contribution in [0.3, 0.4) is 0 Å². The Labute approximate surface area is 152 Å². The van der Waals surface area contributed by atoms with Crippen molar-refractivity contribution in [2.24, 2.45) is 11.1 Å². The summed E-state index contributed by atoms with van der Waals surface area (Å²) < 4.78 is 0. The van der Waals surface area contributed by atoms with Crippen molar-refractivity contribution >= 4 is 17.5 Å². The number of aromatic nitrogens is 1. The van der Waals surface area contributed by atoms with E-state index < -0.39 is 5.60 Å². The first-order valence-electron chi connectivity index (χ1n) is 9.33. The Bertz CT molecular complexity index is 717. The standard InChI is InChI=1S/C19H24N4O3/c24-17(9-14-4-5-14)23-8-2-6-19(13-23)10-16(22-26-19)18(25)21-12-15-3-1-7-20-11-15/h1,3,7,11,14H,2,4-6,8-10,12-13H2,(H,21,25). The number of amides is 2. The molecular weight excluding hydrogens is 332 g/mol. The van der Waals surface area contributed by atoms with Gasteiger partial charge in [0, 0.05) is 38.3 Å². The number of likely N-dealkylation sites (tertiary alicyclic amines) is 1. The highest BCUT2D eigenvalue weighted by atomic mass is 16.7. The Balaban J connectivity index is 1.31. The van der Waals surface area contributed by atoms with E-state index in [2.05, 4.69) is 15.5 Å². The molecular formula is C19H24N4O3. The van der Waals surface area contributed by atoms with Gasteiger partial charge in [0.2, 0.25) is 5.91 Å². The van der Waals surface area contributed by atoms with Gasteiger partial charge in [0.25, 0.3) is 5.91 Å². The monoisotopic (exact) mass is 356 g/mol. The summed E-state index contributed by atoms with van der Waals surface area (Å²) in [5.74, 6) is 0.576. The Hall–Kier alpha value is -2.44. The molecule has 2 fully saturated rings. The molecule has 0 aromatic carbocycles. The van der Waals surface area contributed by atoms with Gasteiger partial charge in [0.1, 0.15) is 5.71 Å². The number of pyridine rings is 1. The highest BCUT2D eigenvalue weighted by Gasteiger charge is 2.45. The molecule has 2 amide bonds. The van der Waals surface area contributed by atoms with E-state index in [-0.39, 0.29) is 11.8 Å². The third-order valence-corrected chi connectivity index (χ3v) is 5.33. The molecule has 26 heavy (non-hydrogen) atoms. The van der Waals surface area contributed by atoms with E-state index in [9.17, 15) is 9.59 Å². The van der Waals surface area contributed by atoms with E-state index in [1.807, 2.05) is 17.0 Å². The number of hydrogen-bond donors (Lipinski definition) is 1. The van der Waals surface area contributed by atoms with Gasteiger partial charge >= 0.3 is 0 Å². The Morgan fingerprint density at radius 3 is 3.04 bits per heavy atom. The van der Waals surface area contributed by atoms with E-state index in [0.717, 1.165) is 24.9 Å². The quantitative estimate of drug-likeness (QED) is 0.869. The number of nitrogens with zero attached hydrogens (tertiary/aromatic N) is 3. The van der Waals surface area contributed by atoms with Crippen LogP contribution in [-0.2, 0) is 21.0 Å². The zero-order valence-electron chi connectivity index (χ0n) is 14.8. The molecule has 7 nitrogen and oxygen atoms in total. The minimum atomic E-state index is -0.529. The molecule has 1 saturated carbocycles. The Kier molecular flexibility index (Phi) is 4.61. The van der Waals surface area contributed by atoms with Gasteiger partial charge in [-0.1, -0.05) is 11.2 Å². The normalized spacial score (nSPS) is 24.9. The molecule has 1 aliphatic carbocycles. The van der Waals surface area contributed by atoms with Crippen LogP contribution in [-0.4, -0.2) is 46.1 Å². The highest BCUT2D eigenvalue weighted by Crippen LogP contribution is 2.36. The van der Waals surface area contributed by atoms with Gasteiger partial charge in [-0.2, -0.15) is 0 Å². The van der Waals surface area contributed by atoms with Crippen molar-refractivity contribution in [3.63, 3.8) is 0 Å². The molecule has 1 atom stereocenters. The van der Waals surface area contributed by atoms with Crippen molar-refractivity contribution in [2.75, 3.05) is 13.1 Å². The predicted molar refractivity (Wildman–Crippen MR) is 95.1 cm³/mol. The summed E-state index contributed by atoms with van der Waals surface area (Å²) in [6.45, 7) is 1.71. The van der Waals surface area contributed by atoms with Crippen LogP contribution < -0.4 is 5.32 Å². The number of nitrogens with one attached hydrogen (secondary N) is 1. The van der Waals surface area contributed by atoms with Crippen molar-refractivity contribution in [1.82, 2.24) is 15.2 Å². The highest BCUT2D eigenvalue weighted by molar-refractivity contribution is 6.39. The number of oxime groups is 1. The summed E-state index contributed by atoms with van der Waals surface area (Å²) in [4.78, 5) is 36.4. The lowest BCUT2D eigenvalue weighted by atomic mass is 9.87. The molecule has 1 N–H and O–H groups in total. The predicted octanol–water partition coefficient (Wildman–Crippen LogP) is 1.64. The number of carbonyl (C=O) groups is 2. The lowest BCUT2D eigenvalue weighted by Crippen LogP contribution is -2.51. The van der Waals surface area contributed by atoms with E-state index in [1.165, 1.54) is 12.8 Å². The molecule has 1 saturated heterocycles. The van der Waals surface area contributed by atoms with Crippen molar-refractivity contribution in [3.05, 3.63) is 30.1 Å². The molecule has 138 valence electrons. The maximum Gasteiger partial charge on any atom is 0.269 e. The molecule has 1 aromatic rings. The van der Waals surface area contributed by atoms with Crippen molar-refractivity contribution < 1.29 is 14.4 Å². The van der Waals surface area contributed by atoms with Gasteiger partial charge in [-0.3, -0.25) is 14.6 Å². The maximum absolute atomic E-state index is 12.4. The van der Waals surface area contributed by atoms with Crippen LogP contribution in [0.1, 0.15) is 44.1 Å². The van der Waals surface area contributed by atoms with Crippen LogP contribution in [0.2, 0.25) is 0 Å². The average Bonchev–Trinajstić information content (AvgIpc) is 3.39. The Morgan fingerprint density at radius 2 is 2.27 bits per heavy atom. The van der Waals surface area contributed by atoms with Crippen LogP contribution >= 0.6 is 0 Å². The summed E-state index contributed by atoms with van der Waals surface area (Å²) in [5, 5.41) is 6.90. The molecule has 1 aromatic heterocycles. The largest absolute Gasteiger partial charge is 0.386 e. The van der Waals surface area contributed by atoms with Gasteiger partial charge in [-0.15, -0.1) is 0 Å². The van der Waals surface area contributed by atoms with Crippen LogP contribution in [0.4, 0.5) is 0 Å². The molecule has 0 radical (unpaired) electrons. The van der Waals surface area contributed by atoms with E-state index >= 15 is 0 Å². The number of rotatable bonds is 5. The third kappa shape index (κ3) is 3.86. The summed E-state index contributed by atoms with van der Waals surface area (Å²) in [6, 6.07) is 3.74. The van der Waals surface area contributed by atoms with E-state index in [0.29, 0.717) is 37.6 Å². The lowest BCUT2D eigenvalue weighted by molar-refractivity contribution is -0.141. The van der Waals surface area contributed by atoms with Gasteiger partial charge in [0.05, 0.1) is 6.54 Å². The molecule has 1 unspecified atom stereocenters. The fraction of sp³-hybridized carbons (Fsp3) is 0.579. The first kappa shape index (κ1) is 17.0. The molecule has 2 aliphatic heterocycles. The topological polar surface area (TPSA) is 83.9 Å². The van der Waals surface area contributed by atoms with Gasteiger partial charge in [0.15, 0.2) is 5.60 Å². The molecule has 4 rings (SSSR count). The van der Waals surface area contributed by atoms with Crippen LogP contribution in [0, 0.1) is 5.92 Å². The van der Waals surface area contributed by atoms with Crippen molar-refractivity contribution in [1.29, 1.82) is 0 Å². The van der Waals surface area contributed by atoms with Crippen molar-refractivity contribution in [2.45, 2.75) is 50.7 Å². The Morgan fingerprint density at radius 1 is 1.38 bits per heavy atom. The van der Waals surface area contributed by atoms with Crippen LogP contribution in [0.5, 0.6) is 0 Å². The first-order chi connectivity index (χ1) is 12.6. The fourth-order valence-corrected chi connectivity index (χ4v) is 3.66. The second-order valence-electron chi connectivity index (χ2n) is 7.60. The van der Waals surface area contributed by atoms with Crippen LogP contribution in [0.25, 0.3) is 0 Å². The second kappa shape index (κ2) is 7.05. The number of piperidine rings is 1. The van der Waals surface area contributed by atoms with Gasteiger partial charge < -0.3 is 15.1 Å². The first-order valence-corrected chi connectivity index (χ1v) is 9.33. The lowest BCUT2D eigenvalue weighted by Gasteiger charge is -2.38.